The number of hydrogen-bond donors (Lipinski definition) is 0. The number of hydrogen-bond acceptors (Lipinski definition) is 5. The Balaban J connectivity index is 1.92. The average Bonchev–Trinajstić information content (AvgIpc) is 3.44. The van der Waals surface area contributed by atoms with Crippen molar-refractivity contribution >= 4 is 21.7 Å². The fraction of sp³-hybridized carbons (Fsp3) is 0.316. The van der Waals surface area contributed by atoms with Crippen LogP contribution < -0.4 is 4.31 Å². The zero-order valence-electron chi connectivity index (χ0n) is 14.7. The lowest BCUT2D eigenvalue weighted by molar-refractivity contribution is 0.0526. The van der Waals surface area contributed by atoms with Gasteiger partial charge in [0.1, 0.15) is 0 Å². The SMILES string of the molecule is CCOC(=O)c1ccc(N(CC2CO2)S(=O)(=O)c2ccc(C)cc2)cc1. The molecule has 1 fully saturated rings. The van der Waals surface area contributed by atoms with Gasteiger partial charge in [0, 0.05) is 0 Å². The highest BCUT2D eigenvalue weighted by Crippen LogP contribution is 2.27. The van der Waals surface area contributed by atoms with Crippen LogP contribution in [0, 0.1) is 6.92 Å². The van der Waals surface area contributed by atoms with Crippen LogP contribution in [0.4, 0.5) is 5.69 Å². The van der Waals surface area contributed by atoms with E-state index in [1.54, 1.807) is 55.5 Å². The molecule has 1 aliphatic rings. The van der Waals surface area contributed by atoms with Crippen molar-refractivity contribution in [2.24, 2.45) is 0 Å². The van der Waals surface area contributed by atoms with Crippen LogP contribution >= 0.6 is 0 Å². The summed E-state index contributed by atoms with van der Waals surface area (Å²) in [5.74, 6) is -0.433. The molecule has 6 nitrogen and oxygen atoms in total. The molecule has 26 heavy (non-hydrogen) atoms. The number of nitrogens with zero attached hydrogens (tertiary/aromatic N) is 1. The third-order valence-electron chi connectivity index (χ3n) is 4.05. The molecule has 0 N–H and O–H groups in total. The maximum Gasteiger partial charge on any atom is 0.338 e. The molecule has 3 rings (SSSR count). The van der Waals surface area contributed by atoms with Gasteiger partial charge in [0.15, 0.2) is 0 Å². The summed E-state index contributed by atoms with van der Waals surface area (Å²) in [5.41, 5.74) is 1.85. The van der Waals surface area contributed by atoms with Crippen molar-refractivity contribution in [2.45, 2.75) is 24.8 Å². The summed E-state index contributed by atoms with van der Waals surface area (Å²) in [7, 11) is -3.73. The average molecular weight is 375 g/mol. The fourth-order valence-corrected chi connectivity index (χ4v) is 4.01. The molecule has 7 heteroatoms. The number of aryl methyl sites for hydroxylation is 1. The fourth-order valence-electron chi connectivity index (χ4n) is 2.52. The Hall–Kier alpha value is -2.38. The first-order chi connectivity index (χ1) is 12.4. The Kier molecular flexibility index (Phi) is 5.29. The van der Waals surface area contributed by atoms with E-state index in [-0.39, 0.29) is 24.2 Å². The Morgan fingerprint density at radius 1 is 1.15 bits per heavy atom. The molecular formula is C19H21NO5S. The number of esters is 1. The minimum absolute atomic E-state index is 0.111. The van der Waals surface area contributed by atoms with E-state index in [9.17, 15) is 13.2 Å². The van der Waals surface area contributed by atoms with Crippen molar-refractivity contribution in [3.05, 3.63) is 59.7 Å². The monoisotopic (exact) mass is 375 g/mol. The predicted molar refractivity (Wildman–Crippen MR) is 97.8 cm³/mol. The zero-order valence-corrected chi connectivity index (χ0v) is 15.5. The van der Waals surface area contributed by atoms with Crippen molar-refractivity contribution in [1.29, 1.82) is 0 Å². The van der Waals surface area contributed by atoms with E-state index in [0.29, 0.717) is 17.9 Å². The lowest BCUT2D eigenvalue weighted by Gasteiger charge is -2.24. The lowest BCUT2D eigenvalue weighted by Crippen LogP contribution is -2.34. The largest absolute Gasteiger partial charge is 0.462 e. The van der Waals surface area contributed by atoms with Gasteiger partial charge in [0.05, 0.1) is 42.0 Å². The standard InChI is InChI=1S/C19H21NO5S/c1-3-24-19(21)15-6-8-16(9-7-15)20(12-17-13-25-17)26(22,23)18-10-4-14(2)5-11-18/h4-11,17H,3,12-13H2,1-2H3. The van der Waals surface area contributed by atoms with E-state index in [2.05, 4.69) is 0 Å². The number of sulfonamides is 1. The highest BCUT2D eigenvalue weighted by Gasteiger charge is 2.33. The third-order valence-corrected chi connectivity index (χ3v) is 5.86. The number of carbonyl (C=O) groups excluding carboxylic acids is 1. The number of ether oxygens (including phenoxy) is 2. The highest BCUT2D eigenvalue weighted by molar-refractivity contribution is 7.92. The minimum Gasteiger partial charge on any atom is -0.462 e. The molecule has 0 radical (unpaired) electrons. The molecule has 2 aromatic rings. The van der Waals surface area contributed by atoms with Gasteiger partial charge in [-0.05, 0) is 50.2 Å². The molecular weight excluding hydrogens is 354 g/mol. The molecule has 1 atom stereocenters. The lowest BCUT2D eigenvalue weighted by atomic mass is 10.2. The molecule has 138 valence electrons. The van der Waals surface area contributed by atoms with Crippen LogP contribution in [0.15, 0.2) is 53.4 Å². The van der Waals surface area contributed by atoms with Gasteiger partial charge in [-0.3, -0.25) is 4.31 Å². The summed E-state index contributed by atoms with van der Waals surface area (Å²) in [6, 6.07) is 13.1. The quantitative estimate of drug-likeness (QED) is 0.549. The zero-order chi connectivity index (χ0) is 18.7. The van der Waals surface area contributed by atoms with Gasteiger partial charge in [0.2, 0.25) is 0 Å². The topological polar surface area (TPSA) is 76.2 Å². The number of epoxide rings is 1. The number of carbonyl (C=O) groups is 1. The van der Waals surface area contributed by atoms with Crippen LogP contribution in [-0.4, -0.2) is 40.2 Å². The first kappa shape index (κ1) is 18.4. The first-order valence-corrected chi connectivity index (χ1v) is 9.84. The van der Waals surface area contributed by atoms with E-state index in [0.717, 1.165) is 5.56 Å². The van der Waals surface area contributed by atoms with E-state index in [4.69, 9.17) is 9.47 Å². The molecule has 1 saturated heterocycles. The van der Waals surface area contributed by atoms with Crippen LogP contribution in [0.25, 0.3) is 0 Å². The Labute approximate surface area is 153 Å². The molecule has 0 aromatic heterocycles. The molecule has 1 heterocycles. The number of benzene rings is 2. The third kappa shape index (κ3) is 4.05. The molecule has 0 aliphatic carbocycles. The maximum absolute atomic E-state index is 13.1. The molecule has 1 unspecified atom stereocenters. The number of rotatable bonds is 7. The van der Waals surface area contributed by atoms with Gasteiger partial charge in [-0.2, -0.15) is 0 Å². The van der Waals surface area contributed by atoms with Gasteiger partial charge in [-0.1, -0.05) is 17.7 Å². The maximum atomic E-state index is 13.1. The molecule has 0 saturated carbocycles. The molecule has 0 spiro atoms. The molecule has 0 bridgehead atoms. The Bertz CT molecular complexity index is 871. The van der Waals surface area contributed by atoms with Crippen molar-refractivity contribution in [1.82, 2.24) is 0 Å². The number of anilines is 1. The minimum atomic E-state index is -3.73. The van der Waals surface area contributed by atoms with E-state index in [1.165, 1.54) is 4.31 Å². The smallest absolute Gasteiger partial charge is 0.338 e. The van der Waals surface area contributed by atoms with E-state index >= 15 is 0 Å². The summed E-state index contributed by atoms with van der Waals surface area (Å²) in [4.78, 5) is 12.0. The Morgan fingerprint density at radius 3 is 2.31 bits per heavy atom. The highest BCUT2D eigenvalue weighted by atomic mass is 32.2. The van der Waals surface area contributed by atoms with Crippen LogP contribution in [0.3, 0.4) is 0 Å². The van der Waals surface area contributed by atoms with Gasteiger partial charge < -0.3 is 9.47 Å². The van der Waals surface area contributed by atoms with Crippen molar-refractivity contribution in [3.8, 4) is 0 Å². The Morgan fingerprint density at radius 2 is 1.77 bits per heavy atom. The van der Waals surface area contributed by atoms with Crippen LogP contribution in [0.2, 0.25) is 0 Å². The first-order valence-electron chi connectivity index (χ1n) is 8.40. The molecule has 2 aromatic carbocycles. The van der Waals surface area contributed by atoms with Crippen LogP contribution in [-0.2, 0) is 19.5 Å². The summed E-state index contributed by atoms with van der Waals surface area (Å²) in [6.07, 6.45) is -0.111. The second-order valence-electron chi connectivity index (χ2n) is 6.07. The van der Waals surface area contributed by atoms with Gasteiger partial charge >= 0.3 is 5.97 Å². The summed E-state index contributed by atoms with van der Waals surface area (Å²) in [5, 5.41) is 0. The van der Waals surface area contributed by atoms with Crippen molar-refractivity contribution < 1.29 is 22.7 Å². The predicted octanol–water partition coefficient (Wildman–Crippen LogP) is 2.77. The van der Waals surface area contributed by atoms with Gasteiger partial charge in [-0.15, -0.1) is 0 Å². The summed E-state index contributed by atoms with van der Waals surface area (Å²) < 4.78 is 37.7. The second-order valence-corrected chi connectivity index (χ2v) is 7.93. The van der Waals surface area contributed by atoms with Crippen LogP contribution in [0.5, 0.6) is 0 Å². The summed E-state index contributed by atoms with van der Waals surface area (Å²) in [6.45, 7) is 4.70. The van der Waals surface area contributed by atoms with Crippen molar-refractivity contribution in [3.63, 3.8) is 0 Å². The molecule has 0 amide bonds. The summed E-state index contributed by atoms with van der Waals surface area (Å²) >= 11 is 0. The van der Waals surface area contributed by atoms with Gasteiger partial charge in [-0.25, -0.2) is 13.2 Å². The van der Waals surface area contributed by atoms with E-state index < -0.39 is 16.0 Å². The normalized spacial score (nSPS) is 16.2. The van der Waals surface area contributed by atoms with Gasteiger partial charge in [0.25, 0.3) is 10.0 Å². The molecule has 1 aliphatic heterocycles. The second kappa shape index (κ2) is 7.47. The van der Waals surface area contributed by atoms with E-state index in [1.807, 2.05) is 6.92 Å². The van der Waals surface area contributed by atoms with Crippen molar-refractivity contribution in [2.75, 3.05) is 24.1 Å². The van der Waals surface area contributed by atoms with Crippen LogP contribution in [0.1, 0.15) is 22.8 Å².